The van der Waals surface area contributed by atoms with E-state index in [2.05, 4.69) is 15.4 Å². The number of halogens is 1. The monoisotopic (exact) mass is 333 g/mol. The third-order valence-electron chi connectivity index (χ3n) is 2.72. The SMILES string of the molecule is C[C@H](NC(=O)NCCCNS(C)(=O)=O)c1ccc(Cl)cc1. The molecule has 0 aliphatic heterocycles. The van der Waals surface area contributed by atoms with Gasteiger partial charge in [-0.3, -0.25) is 0 Å². The van der Waals surface area contributed by atoms with Crippen molar-refractivity contribution in [1.29, 1.82) is 0 Å². The average Bonchev–Trinajstić information content (AvgIpc) is 2.37. The zero-order chi connectivity index (χ0) is 15.9. The number of benzene rings is 1. The van der Waals surface area contributed by atoms with Crippen molar-refractivity contribution < 1.29 is 13.2 Å². The van der Waals surface area contributed by atoms with Gasteiger partial charge in [0.1, 0.15) is 0 Å². The minimum Gasteiger partial charge on any atom is -0.338 e. The van der Waals surface area contributed by atoms with Gasteiger partial charge in [-0.05, 0) is 31.0 Å². The van der Waals surface area contributed by atoms with Crippen molar-refractivity contribution in [1.82, 2.24) is 15.4 Å². The second-order valence-electron chi connectivity index (χ2n) is 4.69. The lowest BCUT2D eigenvalue weighted by Crippen LogP contribution is -2.38. The lowest BCUT2D eigenvalue weighted by molar-refractivity contribution is 0.238. The van der Waals surface area contributed by atoms with Crippen molar-refractivity contribution in [3.63, 3.8) is 0 Å². The first-order chi connectivity index (χ1) is 9.78. The van der Waals surface area contributed by atoms with Crippen LogP contribution < -0.4 is 15.4 Å². The maximum atomic E-state index is 11.7. The number of rotatable bonds is 7. The summed E-state index contributed by atoms with van der Waals surface area (Å²) < 4.78 is 24.0. The van der Waals surface area contributed by atoms with Crippen LogP contribution in [0.3, 0.4) is 0 Å². The Balaban J connectivity index is 2.25. The summed E-state index contributed by atoms with van der Waals surface area (Å²) in [5.74, 6) is 0. The van der Waals surface area contributed by atoms with Crippen molar-refractivity contribution in [2.45, 2.75) is 19.4 Å². The molecule has 0 aliphatic carbocycles. The predicted molar refractivity (Wildman–Crippen MR) is 83.9 cm³/mol. The molecule has 6 nitrogen and oxygen atoms in total. The lowest BCUT2D eigenvalue weighted by Gasteiger charge is -2.15. The molecule has 1 aromatic rings. The fraction of sp³-hybridized carbons (Fsp3) is 0.462. The molecule has 21 heavy (non-hydrogen) atoms. The summed E-state index contributed by atoms with van der Waals surface area (Å²) in [4.78, 5) is 11.7. The van der Waals surface area contributed by atoms with Crippen LogP contribution in [0.1, 0.15) is 24.9 Å². The van der Waals surface area contributed by atoms with Gasteiger partial charge < -0.3 is 10.6 Å². The Labute approximate surface area is 130 Å². The maximum Gasteiger partial charge on any atom is 0.315 e. The van der Waals surface area contributed by atoms with Gasteiger partial charge in [-0.2, -0.15) is 0 Å². The van der Waals surface area contributed by atoms with Gasteiger partial charge in [0.2, 0.25) is 10.0 Å². The van der Waals surface area contributed by atoms with Gasteiger partial charge in [-0.1, -0.05) is 23.7 Å². The van der Waals surface area contributed by atoms with Crippen LogP contribution >= 0.6 is 11.6 Å². The molecule has 0 saturated heterocycles. The number of nitrogens with one attached hydrogen (secondary N) is 3. The molecule has 0 spiro atoms. The fourth-order valence-electron chi connectivity index (χ4n) is 1.63. The Morgan fingerprint density at radius 2 is 1.86 bits per heavy atom. The number of urea groups is 1. The van der Waals surface area contributed by atoms with Crippen molar-refractivity contribution in [2.24, 2.45) is 0 Å². The Morgan fingerprint density at radius 1 is 1.24 bits per heavy atom. The lowest BCUT2D eigenvalue weighted by atomic mass is 10.1. The summed E-state index contributed by atoms with van der Waals surface area (Å²) in [6.45, 7) is 2.56. The number of carbonyl (C=O) groups is 1. The molecule has 3 N–H and O–H groups in total. The van der Waals surface area contributed by atoms with E-state index < -0.39 is 10.0 Å². The largest absolute Gasteiger partial charge is 0.338 e. The van der Waals surface area contributed by atoms with Crippen LogP contribution in [0.15, 0.2) is 24.3 Å². The van der Waals surface area contributed by atoms with Crippen LogP contribution in [-0.2, 0) is 10.0 Å². The van der Waals surface area contributed by atoms with Crippen molar-refractivity contribution in [2.75, 3.05) is 19.3 Å². The number of amides is 2. The first-order valence-electron chi connectivity index (χ1n) is 6.52. The molecule has 1 aromatic carbocycles. The van der Waals surface area contributed by atoms with Crippen molar-refractivity contribution in [3.05, 3.63) is 34.9 Å². The molecule has 0 saturated carbocycles. The minimum atomic E-state index is -3.17. The molecular formula is C13H20ClN3O3S. The van der Waals surface area contributed by atoms with Crippen LogP contribution in [0, 0.1) is 0 Å². The zero-order valence-corrected chi connectivity index (χ0v) is 13.6. The Hall–Kier alpha value is -1.31. The van der Waals surface area contributed by atoms with Gasteiger partial charge in [-0.15, -0.1) is 0 Å². The van der Waals surface area contributed by atoms with E-state index in [0.29, 0.717) is 24.5 Å². The molecule has 0 radical (unpaired) electrons. The normalized spacial score (nSPS) is 12.7. The van der Waals surface area contributed by atoms with E-state index in [9.17, 15) is 13.2 Å². The topological polar surface area (TPSA) is 87.3 Å². The smallest absolute Gasteiger partial charge is 0.315 e. The number of carbonyl (C=O) groups excluding carboxylic acids is 1. The Bertz CT molecular complexity index is 561. The highest BCUT2D eigenvalue weighted by Crippen LogP contribution is 2.15. The first-order valence-corrected chi connectivity index (χ1v) is 8.79. The molecule has 0 unspecified atom stereocenters. The van der Waals surface area contributed by atoms with E-state index in [1.54, 1.807) is 12.1 Å². The van der Waals surface area contributed by atoms with Crippen molar-refractivity contribution in [3.8, 4) is 0 Å². The van der Waals surface area contributed by atoms with E-state index >= 15 is 0 Å². The minimum absolute atomic E-state index is 0.142. The molecule has 8 heteroatoms. The van der Waals surface area contributed by atoms with E-state index in [-0.39, 0.29) is 12.1 Å². The van der Waals surface area contributed by atoms with Gasteiger partial charge in [0.25, 0.3) is 0 Å². The van der Waals surface area contributed by atoms with E-state index in [1.165, 1.54) is 0 Å². The van der Waals surface area contributed by atoms with E-state index in [1.807, 2.05) is 19.1 Å². The van der Waals surface area contributed by atoms with Crippen LogP contribution in [0.5, 0.6) is 0 Å². The predicted octanol–water partition coefficient (Wildman–Crippen LogP) is 1.64. The summed E-state index contributed by atoms with van der Waals surface area (Å²) in [5, 5.41) is 6.11. The summed E-state index contributed by atoms with van der Waals surface area (Å²) in [7, 11) is -3.17. The van der Waals surface area contributed by atoms with Gasteiger partial charge in [-0.25, -0.2) is 17.9 Å². The van der Waals surface area contributed by atoms with Crippen LogP contribution in [0.4, 0.5) is 4.79 Å². The summed E-state index contributed by atoms with van der Waals surface area (Å²) >= 11 is 5.80. The zero-order valence-electron chi connectivity index (χ0n) is 12.0. The third-order valence-corrected chi connectivity index (χ3v) is 3.70. The molecule has 0 fully saturated rings. The summed E-state index contributed by atoms with van der Waals surface area (Å²) in [5.41, 5.74) is 0.952. The Morgan fingerprint density at radius 3 is 2.43 bits per heavy atom. The molecule has 2 amide bonds. The summed E-state index contributed by atoms with van der Waals surface area (Å²) in [6, 6.07) is 6.80. The first kappa shape index (κ1) is 17.7. The highest BCUT2D eigenvalue weighted by Gasteiger charge is 2.08. The van der Waals surface area contributed by atoms with E-state index in [0.717, 1.165) is 11.8 Å². The highest BCUT2D eigenvalue weighted by atomic mass is 35.5. The molecule has 1 atom stereocenters. The van der Waals surface area contributed by atoms with Gasteiger partial charge in [0.15, 0.2) is 0 Å². The molecule has 0 bridgehead atoms. The van der Waals surface area contributed by atoms with Crippen LogP contribution in [0.2, 0.25) is 5.02 Å². The fourth-order valence-corrected chi connectivity index (χ4v) is 2.27. The molecule has 1 rings (SSSR count). The Kier molecular flexibility index (Phi) is 6.94. The third kappa shape index (κ3) is 7.89. The number of hydrogen-bond donors (Lipinski definition) is 3. The maximum absolute atomic E-state index is 11.7. The molecular weight excluding hydrogens is 314 g/mol. The van der Waals surface area contributed by atoms with Gasteiger partial charge >= 0.3 is 6.03 Å². The second-order valence-corrected chi connectivity index (χ2v) is 6.96. The highest BCUT2D eigenvalue weighted by molar-refractivity contribution is 7.88. The molecule has 0 heterocycles. The summed E-state index contributed by atoms with van der Waals surface area (Å²) in [6.07, 6.45) is 1.62. The second kappa shape index (κ2) is 8.21. The van der Waals surface area contributed by atoms with Crippen molar-refractivity contribution >= 4 is 27.7 Å². The van der Waals surface area contributed by atoms with Gasteiger partial charge in [0.05, 0.1) is 12.3 Å². The number of hydrogen-bond acceptors (Lipinski definition) is 3. The van der Waals surface area contributed by atoms with Gasteiger partial charge in [0, 0.05) is 18.1 Å². The molecule has 0 aliphatic rings. The molecule has 118 valence electrons. The molecule has 0 aromatic heterocycles. The standard InChI is InChI=1S/C13H20ClN3O3S/c1-10(11-4-6-12(14)7-5-11)17-13(18)15-8-3-9-16-21(2,19)20/h4-7,10,16H,3,8-9H2,1-2H3,(H2,15,17,18)/t10-/m0/s1. The average molecular weight is 334 g/mol. The van der Waals surface area contributed by atoms with E-state index in [4.69, 9.17) is 11.6 Å². The quantitative estimate of drug-likeness (QED) is 0.663. The number of sulfonamides is 1. The van der Waals surface area contributed by atoms with Crippen LogP contribution in [0.25, 0.3) is 0 Å². The van der Waals surface area contributed by atoms with Crippen LogP contribution in [-0.4, -0.2) is 33.8 Å².